The Bertz CT molecular complexity index is 723. The van der Waals surface area contributed by atoms with Crippen LogP contribution in [0.4, 0.5) is 23.2 Å². The molecule has 11 heteroatoms. The largest absolute Gasteiger partial charge is 0.448 e. The SMILES string of the molecule is [C-]#[N+]c1ccc(C(=O)OC(CS(=O)(=O)O)C(F)(F)F)cc1F. The maximum absolute atomic E-state index is 13.3. The van der Waals surface area contributed by atoms with Crippen LogP contribution in [0.25, 0.3) is 4.85 Å². The van der Waals surface area contributed by atoms with Crippen LogP contribution >= 0.6 is 0 Å². The molecule has 0 aromatic heterocycles. The van der Waals surface area contributed by atoms with Crippen molar-refractivity contribution >= 4 is 21.8 Å². The second kappa shape index (κ2) is 6.29. The molecule has 1 N–H and O–H groups in total. The first kappa shape index (κ1) is 17.9. The molecule has 0 spiro atoms. The minimum absolute atomic E-state index is 0.457. The summed E-state index contributed by atoms with van der Waals surface area (Å²) in [4.78, 5) is 14.2. The van der Waals surface area contributed by atoms with Crippen LogP contribution in [0.5, 0.6) is 0 Å². The first-order chi connectivity index (χ1) is 9.94. The smallest absolute Gasteiger partial charge is 0.426 e. The van der Waals surface area contributed by atoms with E-state index in [2.05, 4.69) is 9.58 Å². The summed E-state index contributed by atoms with van der Waals surface area (Å²) in [5, 5.41) is 0. The van der Waals surface area contributed by atoms with Crippen LogP contribution in [0, 0.1) is 12.4 Å². The number of ether oxygens (including phenoxy) is 1. The van der Waals surface area contributed by atoms with E-state index in [4.69, 9.17) is 11.1 Å². The number of benzene rings is 1. The van der Waals surface area contributed by atoms with Crippen molar-refractivity contribution in [1.29, 1.82) is 0 Å². The summed E-state index contributed by atoms with van der Waals surface area (Å²) >= 11 is 0. The Balaban J connectivity index is 3.02. The molecular weight excluding hydrogens is 334 g/mol. The molecule has 0 radical (unpaired) electrons. The summed E-state index contributed by atoms with van der Waals surface area (Å²) in [5.41, 5.74) is -1.10. The summed E-state index contributed by atoms with van der Waals surface area (Å²) in [5.74, 6) is -4.69. The van der Waals surface area contributed by atoms with Gasteiger partial charge in [0.1, 0.15) is 11.6 Å². The number of carbonyl (C=O) groups is 1. The highest BCUT2D eigenvalue weighted by atomic mass is 32.2. The average Bonchev–Trinajstić information content (AvgIpc) is 2.35. The lowest BCUT2D eigenvalue weighted by Crippen LogP contribution is -2.39. The van der Waals surface area contributed by atoms with Crippen molar-refractivity contribution in [3.05, 3.63) is 41.0 Å². The molecule has 1 unspecified atom stereocenters. The van der Waals surface area contributed by atoms with Gasteiger partial charge in [-0.1, -0.05) is 12.1 Å². The predicted octanol–water partition coefficient (Wildman–Crippen LogP) is 2.35. The molecule has 0 amide bonds. The fourth-order valence-electron chi connectivity index (χ4n) is 1.31. The second-order valence-electron chi connectivity index (χ2n) is 3.96. The minimum Gasteiger partial charge on any atom is -0.448 e. The van der Waals surface area contributed by atoms with Gasteiger partial charge in [0.2, 0.25) is 11.8 Å². The summed E-state index contributed by atoms with van der Waals surface area (Å²) < 4.78 is 84.4. The fraction of sp³-hybridized carbons (Fsp3) is 0.273. The van der Waals surface area contributed by atoms with Crippen LogP contribution in [0.1, 0.15) is 10.4 Å². The lowest BCUT2D eigenvalue weighted by Gasteiger charge is -2.19. The van der Waals surface area contributed by atoms with E-state index in [1.165, 1.54) is 0 Å². The van der Waals surface area contributed by atoms with Gasteiger partial charge in [0.05, 0.1) is 12.1 Å². The zero-order valence-electron chi connectivity index (χ0n) is 10.5. The van der Waals surface area contributed by atoms with E-state index in [1.807, 2.05) is 0 Å². The van der Waals surface area contributed by atoms with E-state index < -0.39 is 51.2 Å². The first-order valence-electron chi connectivity index (χ1n) is 5.34. The highest BCUT2D eigenvalue weighted by Crippen LogP contribution is 2.26. The van der Waals surface area contributed by atoms with E-state index in [0.29, 0.717) is 6.07 Å². The molecule has 0 saturated carbocycles. The third-order valence-corrected chi connectivity index (χ3v) is 3.00. The van der Waals surface area contributed by atoms with Gasteiger partial charge in [-0.15, -0.1) is 0 Å². The van der Waals surface area contributed by atoms with Gasteiger partial charge in [-0.05, 0) is 6.07 Å². The lowest BCUT2D eigenvalue weighted by atomic mass is 10.2. The van der Waals surface area contributed by atoms with Crippen molar-refractivity contribution in [2.45, 2.75) is 12.3 Å². The van der Waals surface area contributed by atoms with Crippen LogP contribution < -0.4 is 0 Å². The molecule has 120 valence electrons. The quantitative estimate of drug-likeness (QED) is 0.393. The number of nitrogens with zero attached hydrogens (tertiary/aromatic N) is 1. The number of halogens is 4. The fourth-order valence-corrected chi connectivity index (χ4v) is 1.95. The van der Waals surface area contributed by atoms with Crippen LogP contribution in [-0.2, 0) is 14.9 Å². The van der Waals surface area contributed by atoms with Crippen LogP contribution in [0.15, 0.2) is 18.2 Å². The maximum atomic E-state index is 13.3. The maximum Gasteiger partial charge on any atom is 0.426 e. The summed E-state index contributed by atoms with van der Waals surface area (Å²) in [6, 6.07) is 2.18. The molecule has 0 aliphatic heterocycles. The Kier molecular flexibility index (Phi) is 5.10. The molecular formula is C11H7F4NO5S. The summed E-state index contributed by atoms with van der Waals surface area (Å²) in [6.45, 7) is 6.58. The van der Waals surface area contributed by atoms with E-state index in [0.717, 1.165) is 12.1 Å². The van der Waals surface area contributed by atoms with Gasteiger partial charge < -0.3 is 4.74 Å². The number of rotatable bonds is 4. The normalized spacial score (nSPS) is 13.3. The predicted molar refractivity (Wildman–Crippen MR) is 64.3 cm³/mol. The zero-order valence-corrected chi connectivity index (χ0v) is 11.3. The number of hydrogen-bond donors (Lipinski definition) is 1. The van der Waals surface area contributed by atoms with Gasteiger partial charge in [0.25, 0.3) is 10.1 Å². The Morgan fingerprint density at radius 1 is 1.41 bits per heavy atom. The molecule has 0 saturated heterocycles. The summed E-state index contributed by atoms with van der Waals surface area (Å²) in [6.07, 6.45) is -8.36. The highest BCUT2D eigenvalue weighted by Gasteiger charge is 2.45. The average molecular weight is 341 g/mol. The van der Waals surface area contributed by atoms with Crippen molar-refractivity contribution in [3.8, 4) is 0 Å². The van der Waals surface area contributed by atoms with Crippen molar-refractivity contribution in [2.75, 3.05) is 5.75 Å². The van der Waals surface area contributed by atoms with Crippen molar-refractivity contribution in [1.82, 2.24) is 0 Å². The van der Waals surface area contributed by atoms with Crippen molar-refractivity contribution in [2.24, 2.45) is 0 Å². The van der Waals surface area contributed by atoms with E-state index in [1.54, 1.807) is 0 Å². The van der Waals surface area contributed by atoms with Gasteiger partial charge >= 0.3 is 12.1 Å². The first-order valence-corrected chi connectivity index (χ1v) is 6.95. The molecule has 1 atom stereocenters. The van der Waals surface area contributed by atoms with Gasteiger partial charge in [0.15, 0.2) is 0 Å². The molecule has 6 nitrogen and oxygen atoms in total. The third-order valence-electron chi connectivity index (χ3n) is 2.28. The Labute approximate surface area is 121 Å². The highest BCUT2D eigenvalue weighted by molar-refractivity contribution is 7.85. The van der Waals surface area contributed by atoms with Crippen molar-refractivity contribution < 1.29 is 40.1 Å². The van der Waals surface area contributed by atoms with Crippen LogP contribution in [-0.4, -0.2) is 37.0 Å². The van der Waals surface area contributed by atoms with E-state index in [9.17, 15) is 30.8 Å². The zero-order chi connectivity index (χ0) is 17.1. The number of alkyl halides is 3. The monoisotopic (exact) mass is 341 g/mol. The second-order valence-corrected chi connectivity index (χ2v) is 5.46. The Morgan fingerprint density at radius 3 is 2.41 bits per heavy atom. The van der Waals surface area contributed by atoms with E-state index in [-0.39, 0.29) is 0 Å². The van der Waals surface area contributed by atoms with Crippen LogP contribution in [0.3, 0.4) is 0 Å². The molecule has 1 aromatic rings. The number of carbonyl (C=O) groups excluding carboxylic acids is 1. The molecule has 0 bridgehead atoms. The number of hydrogen-bond acceptors (Lipinski definition) is 4. The van der Waals surface area contributed by atoms with Gasteiger partial charge in [-0.3, -0.25) is 4.55 Å². The summed E-state index contributed by atoms with van der Waals surface area (Å²) in [7, 11) is -5.06. The Hall–Kier alpha value is -2.19. The van der Waals surface area contributed by atoms with Crippen LogP contribution in [0.2, 0.25) is 0 Å². The molecule has 0 fully saturated rings. The topological polar surface area (TPSA) is 85.0 Å². The standard InChI is InChI=1S/C11H7F4NO5S/c1-16-8-3-2-6(4-7(8)12)10(17)21-9(11(13,14)15)5-22(18,19)20/h2-4,9H,5H2,(H,18,19,20). The third kappa shape index (κ3) is 4.97. The lowest BCUT2D eigenvalue weighted by molar-refractivity contribution is -0.197. The van der Waals surface area contributed by atoms with Gasteiger partial charge in [-0.25, -0.2) is 14.0 Å². The van der Waals surface area contributed by atoms with Crippen molar-refractivity contribution in [3.63, 3.8) is 0 Å². The number of esters is 1. The molecule has 0 heterocycles. The minimum atomic E-state index is -5.25. The van der Waals surface area contributed by atoms with Gasteiger partial charge in [0, 0.05) is 0 Å². The molecule has 0 aliphatic carbocycles. The molecule has 1 rings (SSSR count). The molecule has 1 aromatic carbocycles. The van der Waals surface area contributed by atoms with E-state index >= 15 is 0 Å². The molecule has 22 heavy (non-hydrogen) atoms. The van der Waals surface area contributed by atoms with Gasteiger partial charge in [-0.2, -0.15) is 21.6 Å². The molecule has 0 aliphatic rings. The Morgan fingerprint density at radius 2 is 2.00 bits per heavy atom.